The van der Waals surface area contributed by atoms with Gasteiger partial charge in [0.05, 0.1) is 23.5 Å². The van der Waals surface area contributed by atoms with Crippen molar-refractivity contribution in [3.8, 4) is 22.6 Å². The van der Waals surface area contributed by atoms with Crippen LogP contribution in [0.25, 0.3) is 11.1 Å². The second kappa shape index (κ2) is 25.7. The van der Waals surface area contributed by atoms with Crippen LogP contribution in [0.5, 0.6) is 11.5 Å². The lowest BCUT2D eigenvalue weighted by Crippen LogP contribution is -2.46. The molecule has 0 aliphatic carbocycles. The normalized spacial score (nSPS) is 18.1. The topological polar surface area (TPSA) is 231 Å². The van der Waals surface area contributed by atoms with Crippen LogP contribution in [0, 0.1) is 17.8 Å². The molecule has 0 spiro atoms. The van der Waals surface area contributed by atoms with Crippen molar-refractivity contribution in [3.63, 3.8) is 0 Å². The standard InChI is InChI=1S/C46H71N5O9S/c1-6-7-8-9-10-13-24-61(57,58)30-36(14-11-12-19-47)46(56)51(5)44-35-16-18-43(60-23-21-49)38(29-35)37-27-34(15-17-42(37)59-22-20-48)28-39(40(53)25-31(2)33(4)52)50-45(55)32(3)26-41(44)54/h15-18,27,29,31-32,36,39,44H,6-14,19-26,28,30,47-49H2,1-5H3,(H,50,55)/t31-,32-,36-,39+,44+/m1/s1. The maximum atomic E-state index is 14.7. The number of carbonyl (C=O) groups is 5. The average molecular weight is 870 g/mol. The zero-order chi connectivity index (χ0) is 45.1. The van der Waals surface area contributed by atoms with Gasteiger partial charge >= 0.3 is 0 Å². The number of ketones is 3. The number of nitrogens with zero attached hydrogens (tertiary/aromatic N) is 1. The number of benzene rings is 2. The Morgan fingerprint density at radius 3 is 2.10 bits per heavy atom. The number of nitrogens with two attached hydrogens (primary N) is 3. The van der Waals surface area contributed by atoms with Crippen LogP contribution in [0.15, 0.2) is 36.4 Å². The predicted octanol–water partition coefficient (Wildman–Crippen LogP) is 4.87. The molecular weight excluding hydrogens is 799 g/mol. The Morgan fingerprint density at radius 1 is 0.852 bits per heavy atom. The van der Waals surface area contributed by atoms with E-state index in [1.807, 2.05) is 6.07 Å². The Hall–Kier alpha value is -4.18. The minimum absolute atomic E-state index is 0.0309. The number of fused-ring (bicyclic) bond motifs is 5. The Morgan fingerprint density at radius 2 is 1.48 bits per heavy atom. The largest absolute Gasteiger partial charge is 0.492 e. The smallest absolute Gasteiger partial charge is 0.227 e. The van der Waals surface area contributed by atoms with Crippen LogP contribution in [0.4, 0.5) is 0 Å². The lowest BCUT2D eigenvalue weighted by molar-refractivity contribution is -0.142. The van der Waals surface area contributed by atoms with E-state index in [4.69, 9.17) is 26.7 Å². The molecule has 4 bridgehead atoms. The Balaban J connectivity index is 2.21. The zero-order valence-electron chi connectivity index (χ0n) is 37.0. The van der Waals surface area contributed by atoms with Gasteiger partial charge in [0.2, 0.25) is 11.8 Å². The van der Waals surface area contributed by atoms with E-state index in [9.17, 15) is 32.4 Å². The molecule has 0 saturated carbocycles. The van der Waals surface area contributed by atoms with Crippen molar-refractivity contribution in [2.24, 2.45) is 35.0 Å². The number of Topliss-reactive ketones (excluding diaryl/α,β-unsaturated/α-hetero) is 3. The summed E-state index contributed by atoms with van der Waals surface area (Å²) in [4.78, 5) is 70.5. The fourth-order valence-corrected chi connectivity index (χ4v) is 9.40. The van der Waals surface area contributed by atoms with E-state index in [-0.39, 0.29) is 75.1 Å². The van der Waals surface area contributed by atoms with Gasteiger partial charge in [-0.05, 0) is 74.5 Å². The molecule has 0 unspecified atom stereocenters. The van der Waals surface area contributed by atoms with Crippen LogP contribution >= 0.6 is 0 Å². The quantitative estimate of drug-likeness (QED) is 0.0980. The summed E-state index contributed by atoms with van der Waals surface area (Å²) in [5.74, 6) is -3.98. The fourth-order valence-electron chi connectivity index (χ4n) is 7.67. The molecule has 2 aromatic carbocycles. The number of carbonyl (C=O) groups excluding carboxylic acids is 5. The molecule has 61 heavy (non-hydrogen) atoms. The predicted molar refractivity (Wildman–Crippen MR) is 239 cm³/mol. The molecule has 0 fully saturated rings. The van der Waals surface area contributed by atoms with Crippen LogP contribution in [-0.2, 0) is 40.2 Å². The molecule has 1 aliphatic rings. The van der Waals surface area contributed by atoms with Gasteiger partial charge in [-0.2, -0.15) is 0 Å². The van der Waals surface area contributed by atoms with Crippen molar-refractivity contribution in [2.45, 2.75) is 117 Å². The number of nitrogens with one attached hydrogen (secondary N) is 1. The van der Waals surface area contributed by atoms with Gasteiger partial charge in [0.1, 0.15) is 36.5 Å². The van der Waals surface area contributed by atoms with Crippen molar-refractivity contribution in [1.29, 1.82) is 0 Å². The molecule has 340 valence electrons. The molecule has 7 N–H and O–H groups in total. The molecule has 15 heteroatoms. The highest BCUT2D eigenvalue weighted by Gasteiger charge is 2.37. The van der Waals surface area contributed by atoms with Gasteiger partial charge in [0.25, 0.3) is 0 Å². The summed E-state index contributed by atoms with van der Waals surface area (Å²) in [6.45, 7) is 7.93. The number of hydrogen-bond donors (Lipinski definition) is 4. The number of ether oxygens (including phenoxy) is 2. The van der Waals surface area contributed by atoms with E-state index >= 15 is 0 Å². The van der Waals surface area contributed by atoms with Gasteiger partial charge in [-0.1, -0.05) is 71.4 Å². The number of amides is 2. The lowest BCUT2D eigenvalue weighted by atomic mass is 9.88. The summed E-state index contributed by atoms with van der Waals surface area (Å²) in [5, 5.41) is 2.86. The summed E-state index contributed by atoms with van der Waals surface area (Å²) in [6.07, 6.45) is 6.55. The van der Waals surface area contributed by atoms with E-state index in [0.717, 1.165) is 32.1 Å². The van der Waals surface area contributed by atoms with Gasteiger partial charge in [-0.3, -0.25) is 24.0 Å². The molecule has 2 amide bonds. The molecule has 5 atom stereocenters. The van der Waals surface area contributed by atoms with Crippen molar-refractivity contribution < 1.29 is 41.9 Å². The van der Waals surface area contributed by atoms with E-state index in [0.29, 0.717) is 59.6 Å². The van der Waals surface area contributed by atoms with E-state index < -0.39 is 57.3 Å². The van der Waals surface area contributed by atoms with Crippen LogP contribution in [0.3, 0.4) is 0 Å². The van der Waals surface area contributed by atoms with Gasteiger partial charge in [0, 0.05) is 55.9 Å². The first-order valence-electron chi connectivity index (χ1n) is 22.0. The molecule has 0 aromatic heterocycles. The van der Waals surface area contributed by atoms with Crippen molar-refractivity contribution in [2.75, 3.05) is 51.4 Å². The summed E-state index contributed by atoms with van der Waals surface area (Å²) in [6, 6.07) is 8.22. The van der Waals surface area contributed by atoms with E-state index in [1.165, 1.54) is 18.9 Å². The Labute approximate surface area is 363 Å². The van der Waals surface area contributed by atoms with Crippen molar-refractivity contribution in [3.05, 3.63) is 47.5 Å². The first-order valence-corrected chi connectivity index (χ1v) is 23.9. The second-order valence-electron chi connectivity index (χ2n) is 16.6. The first kappa shape index (κ1) is 51.2. The number of likely N-dealkylation sites (N-methyl/N-ethyl adjacent to an activating group) is 1. The zero-order valence-corrected chi connectivity index (χ0v) is 37.9. The third-order valence-electron chi connectivity index (χ3n) is 11.4. The van der Waals surface area contributed by atoms with Crippen LogP contribution in [0.1, 0.15) is 115 Å². The third kappa shape index (κ3) is 15.9. The van der Waals surface area contributed by atoms with Gasteiger partial charge in [0.15, 0.2) is 21.4 Å². The lowest BCUT2D eigenvalue weighted by Gasteiger charge is -2.32. The number of sulfone groups is 1. The maximum absolute atomic E-state index is 14.7. The third-order valence-corrected chi connectivity index (χ3v) is 13.2. The minimum Gasteiger partial charge on any atom is -0.492 e. The van der Waals surface area contributed by atoms with Crippen molar-refractivity contribution in [1.82, 2.24) is 10.2 Å². The molecule has 3 rings (SSSR count). The molecule has 14 nitrogen and oxygen atoms in total. The SMILES string of the molecule is CCCCCCCCS(=O)(=O)C[C@@H](CCCCN)C(=O)N(C)[C@@H]1C(=O)C[C@@H](C)C(=O)N[C@H](C(=O)C[C@@H](C)C(C)=O)Cc2ccc(OCCN)c(c2)-c2cc1ccc2OCCN. The second-order valence-corrected chi connectivity index (χ2v) is 18.8. The molecule has 0 saturated heterocycles. The fraction of sp³-hybridized carbons (Fsp3) is 0.630. The first-order chi connectivity index (χ1) is 29.1. The number of rotatable bonds is 25. The molecule has 1 aliphatic heterocycles. The van der Waals surface area contributed by atoms with Gasteiger partial charge in [-0.15, -0.1) is 0 Å². The summed E-state index contributed by atoms with van der Waals surface area (Å²) < 4.78 is 39.4. The van der Waals surface area contributed by atoms with Crippen LogP contribution < -0.4 is 32.0 Å². The van der Waals surface area contributed by atoms with Gasteiger partial charge < -0.3 is 36.9 Å². The average Bonchev–Trinajstić information content (AvgIpc) is 3.22. The Bertz CT molecular complexity index is 1890. The summed E-state index contributed by atoms with van der Waals surface area (Å²) in [5.41, 5.74) is 19.6. The summed E-state index contributed by atoms with van der Waals surface area (Å²) >= 11 is 0. The highest BCUT2D eigenvalue weighted by molar-refractivity contribution is 7.91. The van der Waals surface area contributed by atoms with E-state index in [1.54, 1.807) is 44.2 Å². The Kier molecular flexibility index (Phi) is 21.5. The van der Waals surface area contributed by atoms with Crippen LogP contribution in [0.2, 0.25) is 0 Å². The molecule has 1 heterocycles. The molecular formula is C46H71N5O9S. The minimum atomic E-state index is -3.64. The van der Waals surface area contributed by atoms with Crippen molar-refractivity contribution >= 4 is 39.0 Å². The highest BCUT2D eigenvalue weighted by Crippen LogP contribution is 2.41. The molecule has 2 aromatic rings. The number of unbranched alkanes of at least 4 members (excludes halogenated alkanes) is 6. The maximum Gasteiger partial charge on any atom is 0.227 e. The number of hydrogen-bond acceptors (Lipinski definition) is 12. The van der Waals surface area contributed by atoms with E-state index in [2.05, 4.69) is 12.2 Å². The monoisotopic (exact) mass is 869 g/mol. The van der Waals surface area contributed by atoms with Crippen LogP contribution in [-0.4, -0.2) is 99.9 Å². The molecule has 0 radical (unpaired) electrons. The van der Waals surface area contributed by atoms with Gasteiger partial charge in [-0.25, -0.2) is 8.42 Å². The highest BCUT2D eigenvalue weighted by atomic mass is 32.2. The summed E-state index contributed by atoms with van der Waals surface area (Å²) in [7, 11) is -2.14.